The summed E-state index contributed by atoms with van der Waals surface area (Å²) in [4.78, 5) is 2.28. The van der Waals surface area contributed by atoms with E-state index in [9.17, 15) is 5.11 Å². The van der Waals surface area contributed by atoms with Crippen molar-refractivity contribution in [3.63, 3.8) is 0 Å². The molecule has 0 saturated carbocycles. The van der Waals surface area contributed by atoms with Crippen LogP contribution in [0.4, 0.5) is 0 Å². The minimum absolute atomic E-state index is 0.291. The molecule has 0 spiro atoms. The summed E-state index contributed by atoms with van der Waals surface area (Å²) in [6.07, 6.45) is 0.538. The largest absolute Gasteiger partial charge is 0.491 e. The minimum Gasteiger partial charge on any atom is -0.491 e. The first-order chi connectivity index (χ1) is 11.1. The van der Waals surface area contributed by atoms with Crippen LogP contribution in [0.5, 0.6) is 5.75 Å². The molecule has 0 aliphatic carbocycles. The van der Waals surface area contributed by atoms with Crippen molar-refractivity contribution >= 4 is 11.6 Å². The smallest absolute Gasteiger partial charge is 0.119 e. The first-order valence-electron chi connectivity index (χ1n) is 7.98. The molecule has 3 rings (SSSR count). The van der Waals surface area contributed by atoms with Crippen molar-refractivity contribution < 1.29 is 9.84 Å². The topological polar surface area (TPSA) is 32.7 Å². The number of fused-ring (bicyclic) bond motifs is 1. The van der Waals surface area contributed by atoms with E-state index in [0.717, 1.165) is 35.8 Å². The van der Waals surface area contributed by atoms with Crippen molar-refractivity contribution in [2.75, 3.05) is 19.7 Å². The van der Waals surface area contributed by atoms with Crippen LogP contribution < -0.4 is 4.74 Å². The molecular formula is C19H22ClNO2. The van der Waals surface area contributed by atoms with Crippen LogP contribution in [0.25, 0.3) is 0 Å². The van der Waals surface area contributed by atoms with Gasteiger partial charge < -0.3 is 9.84 Å². The summed E-state index contributed by atoms with van der Waals surface area (Å²) in [6.45, 7) is 4.73. The first kappa shape index (κ1) is 16.3. The van der Waals surface area contributed by atoms with Gasteiger partial charge in [-0.1, -0.05) is 35.9 Å². The van der Waals surface area contributed by atoms with Crippen molar-refractivity contribution in [3.8, 4) is 5.75 Å². The van der Waals surface area contributed by atoms with Crippen LogP contribution in [0.3, 0.4) is 0 Å². The summed E-state index contributed by atoms with van der Waals surface area (Å²) in [7, 11) is 0. The first-order valence-corrected chi connectivity index (χ1v) is 8.36. The van der Waals surface area contributed by atoms with Crippen LogP contribution in [0.15, 0.2) is 42.5 Å². The quantitative estimate of drug-likeness (QED) is 0.911. The molecule has 122 valence electrons. The Morgan fingerprint density at radius 1 is 1.22 bits per heavy atom. The summed E-state index contributed by atoms with van der Waals surface area (Å²) in [5.74, 6) is 0.745. The number of aliphatic hydroxyl groups excluding tert-OH is 1. The van der Waals surface area contributed by atoms with Crippen LogP contribution in [0, 0.1) is 6.92 Å². The van der Waals surface area contributed by atoms with E-state index in [1.807, 2.05) is 25.1 Å². The second-order valence-corrected chi connectivity index (χ2v) is 6.54. The van der Waals surface area contributed by atoms with Crippen molar-refractivity contribution in [1.29, 1.82) is 0 Å². The standard InChI is InChI=1S/C19H22ClNO2/c1-14-10-18(6-7-19(14)20)23-13-17(22)12-21-9-8-15-4-2-3-5-16(15)11-21/h2-7,10,17,22H,8-9,11-13H2,1H3/t17-/m0/s1. The maximum Gasteiger partial charge on any atom is 0.119 e. The third-order valence-electron chi connectivity index (χ3n) is 4.25. The Morgan fingerprint density at radius 2 is 2.00 bits per heavy atom. The lowest BCUT2D eigenvalue weighted by Crippen LogP contribution is -2.38. The average molecular weight is 332 g/mol. The van der Waals surface area contributed by atoms with E-state index < -0.39 is 6.10 Å². The van der Waals surface area contributed by atoms with E-state index in [0.29, 0.717) is 13.2 Å². The van der Waals surface area contributed by atoms with E-state index in [2.05, 4.69) is 29.2 Å². The fourth-order valence-corrected chi connectivity index (χ4v) is 3.08. The van der Waals surface area contributed by atoms with Crippen molar-refractivity contribution in [3.05, 3.63) is 64.2 Å². The fraction of sp³-hybridized carbons (Fsp3) is 0.368. The highest BCUT2D eigenvalue weighted by Gasteiger charge is 2.18. The zero-order valence-corrected chi connectivity index (χ0v) is 14.1. The van der Waals surface area contributed by atoms with E-state index in [1.165, 1.54) is 11.1 Å². The lowest BCUT2D eigenvalue weighted by molar-refractivity contribution is 0.0637. The Kier molecular flexibility index (Phi) is 5.21. The van der Waals surface area contributed by atoms with E-state index in [4.69, 9.17) is 16.3 Å². The molecule has 1 heterocycles. The van der Waals surface area contributed by atoms with Crippen LogP contribution in [0.1, 0.15) is 16.7 Å². The van der Waals surface area contributed by atoms with Gasteiger partial charge in [-0.2, -0.15) is 0 Å². The number of hydrogen-bond acceptors (Lipinski definition) is 3. The normalized spacial score (nSPS) is 16.0. The fourth-order valence-electron chi connectivity index (χ4n) is 2.96. The second-order valence-electron chi connectivity index (χ2n) is 6.13. The van der Waals surface area contributed by atoms with Gasteiger partial charge in [0.15, 0.2) is 0 Å². The summed E-state index contributed by atoms with van der Waals surface area (Å²) < 4.78 is 5.68. The van der Waals surface area contributed by atoms with Crippen molar-refractivity contribution in [2.24, 2.45) is 0 Å². The predicted octanol–water partition coefficient (Wildman–Crippen LogP) is 3.45. The number of nitrogens with zero attached hydrogens (tertiary/aromatic N) is 1. The van der Waals surface area contributed by atoms with Gasteiger partial charge in [-0.05, 0) is 48.2 Å². The molecule has 0 amide bonds. The summed E-state index contributed by atoms with van der Waals surface area (Å²) in [6, 6.07) is 14.1. The Labute approximate surface area is 142 Å². The van der Waals surface area contributed by atoms with E-state index in [1.54, 1.807) is 0 Å². The van der Waals surface area contributed by atoms with Crippen LogP contribution in [-0.2, 0) is 13.0 Å². The third-order valence-corrected chi connectivity index (χ3v) is 4.67. The highest BCUT2D eigenvalue weighted by molar-refractivity contribution is 6.31. The number of aryl methyl sites for hydroxylation is 1. The van der Waals surface area contributed by atoms with Gasteiger partial charge in [0.1, 0.15) is 18.5 Å². The number of halogens is 1. The third kappa shape index (κ3) is 4.25. The molecule has 1 atom stereocenters. The number of rotatable bonds is 5. The van der Waals surface area contributed by atoms with Crippen LogP contribution in [0.2, 0.25) is 5.02 Å². The van der Waals surface area contributed by atoms with E-state index >= 15 is 0 Å². The number of ether oxygens (including phenoxy) is 1. The molecule has 0 radical (unpaired) electrons. The molecule has 0 aromatic heterocycles. The molecule has 0 unspecified atom stereocenters. The van der Waals surface area contributed by atoms with Crippen molar-refractivity contribution in [2.45, 2.75) is 26.0 Å². The van der Waals surface area contributed by atoms with Crippen LogP contribution in [-0.4, -0.2) is 35.8 Å². The van der Waals surface area contributed by atoms with Gasteiger partial charge in [-0.25, -0.2) is 0 Å². The molecule has 0 fully saturated rings. The molecule has 23 heavy (non-hydrogen) atoms. The maximum atomic E-state index is 10.2. The second kappa shape index (κ2) is 7.35. The zero-order chi connectivity index (χ0) is 16.2. The monoisotopic (exact) mass is 331 g/mol. The molecular weight excluding hydrogens is 310 g/mol. The Bertz CT molecular complexity index is 674. The Morgan fingerprint density at radius 3 is 2.78 bits per heavy atom. The van der Waals surface area contributed by atoms with E-state index in [-0.39, 0.29) is 0 Å². The number of hydrogen-bond donors (Lipinski definition) is 1. The summed E-state index contributed by atoms with van der Waals surface area (Å²) in [5, 5.41) is 11.0. The zero-order valence-electron chi connectivity index (χ0n) is 13.3. The average Bonchev–Trinajstić information content (AvgIpc) is 2.56. The van der Waals surface area contributed by atoms with Gasteiger partial charge >= 0.3 is 0 Å². The minimum atomic E-state index is -0.503. The molecule has 1 N–H and O–H groups in total. The summed E-state index contributed by atoms with van der Waals surface area (Å²) >= 11 is 6.00. The molecule has 0 bridgehead atoms. The Balaban J connectivity index is 1.50. The van der Waals surface area contributed by atoms with Gasteiger partial charge in [0, 0.05) is 24.7 Å². The molecule has 1 aliphatic heterocycles. The Hall–Kier alpha value is -1.55. The van der Waals surface area contributed by atoms with Crippen molar-refractivity contribution in [1.82, 2.24) is 4.90 Å². The van der Waals surface area contributed by atoms with Gasteiger partial charge in [-0.3, -0.25) is 4.90 Å². The number of benzene rings is 2. The molecule has 0 saturated heterocycles. The highest BCUT2D eigenvalue weighted by Crippen LogP contribution is 2.22. The van der Waals surface area contributed by atoms with Crippen LogP contribution >= 0.6 is 11.6 Å². The van der Waals surface area contributed by atoms with Gasteiger partial charge in [0.2, 0.25) is 0 Å². The summed E-state index contributed by atoms with van der Waals surface area (Å²) in [5.41, 5.74) is 3.76. The highest BCUT2D eigenvalue weighted by atomic mass is 35.5. The van der Waals surface area contributed by atoms with Gasteiger partial charge in [0.25, 0.3) is 0 Å². The number of aliphatic hydroxyl groups is 1. The van der Waals surface area contributed by atoms with Gasteiger partial charge in [-0.15, -0.1) is 0 Å². The SMILES string of the molecule is Cc1cc(OC[C@@H](O)CN2CCc3ccccc3C2)ccc1Cl. The predicted molar refractivity (Wildman–Crippen MR) is 93.1 cm³/mol. The van der Waals surface area contributed by atoms with Gasteiger partial charge in [0.05, 0.1) is 0 Å². The molecule has 1 aliphatic rings. The lowest BCUT2D eigenvalue weighted by Gasteiger charge is -2.30. The molecule has 3 nitrogen and oxygen atoms in total. The molecule has 4 heteroatoms. The maximum absolute atomic E-state index is 10.2. The molecule has 2 aromatic rings. The molecule has 2 aromatic carbocycles. The lowest BCUT2D eigenvalue weighted by atomic mass is 10.00. The number of β-amino-alcohol motifs (C(OH)–C–C–N with tert-alkyl or cyclic N) is 1.